The average molecular weight is 502 g/mol. The van der Waals surface area contributed by atoms with E-state index in [-0.39, 0.29) is 24.7 Å². The number of hydrogen-bond donors (Lipinski definition) is 2. The maximum Gasteiger partial charge on any atom is 0.406 e. The minimum absolute atomic E-state index is 0.0963. The first-order chi connectivity index (χ1) is 15.8. The molecule has 34 heavy (non-hydrogen) atoms. The topological polar surface area (TPSA) is 138 Å². The Labute approximate surface area is 199 Å². The second-order valence-corrected chi connectivity index (χ2v) is 10.9. The first kappa shape index (κ1) is 28.2. The molecule has 1 aliphatic heterocycles. The van der Waals surface area contributed by atoms with Crippen LogP contribution < -0.4 is 16.3 Å². The summed E-state index contributed by atoms with van der Waals surface area (Å²) in [6, 6.07) is -0.922. The molecule has 0 spiro atoms. The van der Waals surface area contributed by atoms with Crippen molar-refractivity contribution in [2.24, 2.45) is 5.92 Å². The Bertz CT molecular complexity index is 1020. The Balaban J connectivity index is 2.04. The van der Waals surface area contributed by atoms with E-state index in [0.29, 0.717) is 12.0 Å². The summed E-state index contributed by atoms with van der Waals surface area (Å²) in [5, 5.41) is 2.75. The second-order valence-electron chi connectivity index (χ2n) is 9.18. The highest BCUT2D eigenvalue weighted by molar-refractivity contribution is 7.51. The van der Waals surface area contributed by atoms with E-state index in [1.54, 1.807) is 46.8 Å². The van der Waals surface area contributed by atoms with Crippen LogP contribution in [0.2, 0.25) is 0 Å². The van der Waals surface area contributed by atoms with Gasteiger partial charge in [-0.3, -0.25) is 28.2 Å². The lowest BCUT2D eigenvalue weighted by Gasteiger charge is -2.28. The molecule has 1 aromatic heterocycles. The van der Waals surface area contributed by atoms with E-state index in [2.05, 4.69) is 10.1 Å². The molecule has 192 valence electrons. The molecule has 0 bridgehead atoms. The van der Waals surface area contributed by atoms with Gasteiger partial charge in [-0.05, 0) is 53.0 Å². The lowest BCUT2D eigenvalue weighted by Crippen LogP contribution is -2.40. The van der Waals surface area contributed by atoms with Gasteiger partial charge in [0.2, 0.25) is 0 Å². The van der Waals surface area contributed by atoms with Gasteiger partial charge in [-0.2, -0.15) is 0 Å². The van der Waals surface area contributed by atoms with E-state index >= 15 is 0 Å². The molecule has 0 unspecified atom stereocenters. The molecule has 0 radical (unpaired) electrons. The van der Waals surface area contributed by atoms with Crippen LogP contribution in [0.15, 0.2) is 27.9 Å². The normalized spacial score (nSPS) is 19.4. The Morgan fingerprint density at radius 1 is 1.15 bits per heavy atom. The van der Waals surface area contributed by atoms with E-state index in [1.807, 2.05) is 13.8 Å². The van der Waals surface area contributed by atoms with Crippen molar-refractivity contribution in [3.05, 3.63) is 44.8 Å². The monoisotopic (exact) mass is 501 g/mol. The van der Waals surface area contributed by atoms with Crippen LogP contribution in [0, 0.1) is 12.8 Å². The number of ether oxygens (including phenoxy) is 2. The number of carbonyl (C=O) groups excluding carboxylic acids is 1. The highest BCUT2D eigenvalue weighted by Gasteiger charge is 2.35. The predicted molar refractivity (Wildman–Crippen MR) is 126 cm³/mol. The van der Waals surface area contributed by atoms with Crippen LogP contribution in [0.5, 0.6) is 0 Å². The molecule has 1 aromatic rings. The first-order valence-corrected chi connectivity index (χ1v) is 12.9. The molecular weight excluding hydrogens is 465 g/mol. The fraction of sp³-hybridized carbons (Fsp3) is 0.682. The zero-order valence-corrected chi connectivity index (χ0v) is 21.7. The van der Waals surface area contributed by atoms with Gasteiger partial charge in [-0.25, -0.2) is 14.4 Å². The smallest absolute Gasteiger partial charge is 0.406 e. The fourth-order valence-electron chi connectivity index (χ4n) is 3.29. The van der Waals surface area contributed by atoms with Gasteiger partial charge >= 0.3 is 19.4 Å². The number of aromatic amines is 1. The van der Waals surface area contributed by atoms with Gasteiger partial charge < -0.3 is 9.47 Å². The van der Waals surface area contributed by atoms with E-state index in [9.17, 15) is 18.9 Å². The van der Waals surface area contributed by atoms with Gasteiger partial charge in [0, 0.05) is 11.8 Å². The Morgan fingerprint density at radius 3 is 2.32 bits per heavy atom. The standard InChI is InChI=1S/C22H36N3O8P/c1-13(2)10-18(24-34(29,32-14(3)4)33-15(5)6)21(27)30-12-17-8-9-19(31-17)25-11-16(7)20(26)23-22(25)28/h8-9,11,13-15,17-19H,10,12H2,1-7H3,(H,24,29)(H,23,26,28)/t17-,18-,19+/m0/s1. The third-order valence-electron chi connectivity index (χ3n) is 4.62. The molecule has 1 aliphatic rings. The Kier molecular flexibility index (Phi) is 10.0. The van der Waals surface area contributed by atoms with E-state index < -0.39 is 43.3 Å². The number of nitrogens with zero attached hydrogens (tertiary/aromatic N) is 1. The minimum atomic E-state index is -3.77. The van der Waals surface area contributed by atoms with Crippen LogP contribution in [0.4, 0.5) is 0 Å². The number of hydrogen-bond acceptors (Lipinski definition) is 8. The van der Waals surface area contributed by atoms with Crippen molar-refractivity contribution in [3.8, 4) is 0 Å². The van der Waals surface area contributed by atoms with Gasteiger partial charge in [-0.15, -0.1) is 0 Å². The summed E-state index contributed by atoms with van der Waals surface area (Å²) < 4.78 is 36.7. The maximum absolute atomic E-state index is 13.2. The summed E-state index contributed by atoms with van der Waals surface area (Å²) in [6.45, 7) is 12.2. The zero-order valence-electron chi connectivity index (χ0n) is 20.8. The van der Waals surface area contributed by atoms with Crippen molar-refractivity contribution in [3.63, 3.8) is 0 Å². The SMILES string of the molecule is Cc1cn([C@H]2C=C[C@@H](COC(=O)[C@H](CC(C)C)NP(=O)(OC(C)C)OC(C)C)O2)c(=O)[nH]c1=O. The number of nitrogens with one attached hydrogen (secondary N) is 2. The molecule has 11 nitrogen and oxygen atoms in total. The molecule has 12 heteroatoms. The molecule has 2 heterocycles. The van der Waals surface area contributed by atoms with Gasteiger partial charge in [0.15, 0.2) is 6.23 Å². The van der Waals surface area contributed by atoms with Crippen molar-refractivity contribution in [2.45, 2.75) is 85.5 Å². The molecule has 0 saturated carbocycles. The largest absolute Gasteiger partial charge is 0.461 e. The molecule has 0 aromatic carbocycles. The lowest BCUT2D eigenvalue weighted by molar-refractivity contribution is -0.150. The van der Waals surface area contributed by atoms with Crippen LogP contribution in [-0.2, 0) is 27.9 Å². The number of esters is 1. The second kappa shape index (κ2) is 12.1. The summed E-state index contributed by atoms with van der Waals surface area (Å²) in [5.74, 6) is -0.523. The molecule has 0 saturated heterocycles. The van der Waals surface area contributed by atoms with E-state index in [4.69, 9.17) is 18.5 Å². The van der Waals surface area contributed by atoms with Gasteiger partial charge in [-0.1, -0.05) is 19.9 Å². The Hall–Kier alpha value is -2.04. The summed E-state index contributed by atoms with van der Waals surface area (Å²) in [4.78, 5) is 38.8. The molecule has 3 atom stereocenters. The van der Waals surface area contributed by atoms with Crippen LogP contribution in [0.3, 0.4) is 0 Å². The first-order valence-electron chi connectivity index (χ1n) is 11.4. The number of H-pyrrole nitrogens is 1. The summed E-state index contributed by atoms with van der Waals surface area (Å²) in [7, 11) is -3.77. The van der Waals surface area contributed by atoms with E-state index in [0.717, 1.165) is 0 Å². The number of aryl methyl sites for hydroxylation is 1. The van der Waals surface area contributed by atoms with Crippen LogP contribution in [-0.4, -0.2) is 46.5 Å². The van der Waals surface area contributed by atoms with Gasteiger partial charge in [0.05, 0.1) is 12.2 Å². The van der Waals surface area contributed by atoms with Crippen molar-refractivity contribution in [1.82, 2.24) is 14.6 Å². The summed E-state index contributed by atoms with van der Waals surface area (Å²) in [5.41, 5.74) is -0.696. The minimum Gasteiger partial charge on any atom is -0.461 e. The molecule has 0 aliphatic carbocycles. The average Bonchev–Trinajstić information content (AvgIpc) is 3.15. The zero-order chi connectivity index (χ0) is 25.6. The fourth-order valence-corrected chi connectivity index (χ4v) is 5.16. The van der Waals surface area contributed by atoms with Gasteiger partial charge in [0.1, 0.15) is 18.8 Å². The molecular formula is C22H36N3O8P. The number of carbonyl (C=O) groups is 1. The Morgan fingerprint density at radius 2 is 1.76 bits per heavy atom. The van der Waals surface area contributed by atoms with Crippen molar-refractivity contribution in [1.29, 1.82) is 0 Å². The van der Waals surface area contributed by atoms with Crippen LogP contribution in [0.25, 0.3) is 0 Å². The van der Waals surface area contributed by atoms with Crippen LogP contribution in [0.1, 0.15) is 59.8 Å². The van der Waals surface area contributed by atoms with Crippen molar-refractivity contribution < 1.29 is 27.9 Å². The summed E-state index contributed by atoms with van der Waals surface area (Å²) in [6.07, 6.45) is 2.96. The van der Waals surface area contributed by atoms with Crippen molar-refractivity contribution >= 4 is 13.7 Å². The highest BCUT2D eigenvalue weighted by atomic mass is 31.2. The summed E-state index contributed by atoms with van der Waals surface area (Å²) >= 11 is 0. The molecule has 0 amide bonds. The maximum atomic E-state index is 13.2. The third kappa shape index (κ3) is 8.32. The van der Waals surface area contributed by atoms with Crippen LogP contribution >= 0.6 is 7.75 Å². The van der Waals surface area contributed by atoms with E-state index in [1.165, 1.54) is 10.8 Å². The predicted octanol–water partition coefficient (Wildman–Crippen LogP) is 2.80. The quantitative estimate of drug-likeness (QED) is 0.251. The molecule has 2 rings (SSSR count). The highest BCUT2D eigenvalue weighted by Crippen LogP contribution is 2.47. The third-order valence-corrected chi connectivity index (χ3v) is 6.65. The van der Waals surface area contributed by atoms with Crippen molar-refractivity contribution in [2.75, 3.05) is 6.61 Å². The molecule has 2 N–H and O–H groups in total. The number of rotatable bonds is 12. The lowest BCUT2D eigenvalue weighted by atomic mass is 10.1. The number of aromatic nitrogens is 2. The van der Waals surface area contributed by atoms with Gasteiger partial charge in [0.25, 0.3) is 5.56 Å². The molecule has 0 fully saturated rings.